The summed E-state index contributed by atoms with van der Waals surface area (Å²) >= 11 is 0. The first kappa shape index (κ1) is 31.2. The van der Waals surface area contributed by atoms with Gasteiger partial charge in [0.25, 0.3) is 0 Å². The van der Waals surface area contributed by atoms with Crippen molar-refractivity contribution in [1.82, 2.24) is 10.3 Å². The van der Waals surface area contributed by atoms with E-state index in [4.69, 9.17) is 4.99 Å². The highest BCUT2D eigenvalue weighted by atomic mass is 15.1. The third-order valence-electron chi connectivity index (χ3n) is 9.84. The predicted molar refractivity (Wildman–Crippen MR) is 215 cm³/mol. The van der Waals surface area contributed by atoms with E-state index >= 15 is 0 Å². The second-order valence-corrected chi connectivity index (χ2v) is 13.1. The zero-order valence-electron chi connectivity index (χ0n) is 28.5. The van der Waals surface area contributed by atoms with Crippen molar-refractivity contribution >= 4 is 11.5 Å². The molecule has 52 heavy (non-hydrogen) atoms. The molecule has 0 saturated heterocycles. The third kappa shape index (κ3) is 6.32. The summed E-state index contributed by atoms with van der Waals surface area (Å²) in [5, 5.41) is 3.88. The third-order valence-corrected chi connectivity index (χ3v) is 9.84. The molecule has 1 aromatic heterocycles. The van der Waals surface area contributed by atoms with Crippen molar-refractivity contribution in [3.8, 4) is 55.6 Å². The minimum Gasteiger partial charge on any atom is -0.359 e. The van der Waals surface area contributed by atoms with Gasteiger partial charge in [0.15, 0.2) is 0 Å². The molecule has 0 saturated carbocycles. The summed E-state index contributed by atoms with van der Waals surface area (Å²) in [5.41, 5.74) is 15.9. The van der Waals surface area contributed by atoms with Crippen molar-refractivity contribution in [3.05, 3.63) is 217 Å². The predicted octanol–water partition coefficient (Wildman–Crippen LogP) is 12.2. The Morgan fingerprint density at radius 3 is 1.40 bits per heavy atom. The summed E-state index contributed by atoms with van der Waals surface area (Å²) in [5.74, 6) is 0.852. The first-order valence-electron chi connectivity index (χ1n) is 17.7. The molecule has 1 atom stereocenters. The first-order chi connectivity index (χ1) is 25.7. The molecule has 1 unspecified atom stereocenters. The molecule has 1 N–H and O–H groups in total. The van der Waals surface area contributed by atoms with Crippen LogP contribution in [0.25, 0.3) is 55.6 Å². The van der Waals surface area contributed by atoms with Gasteiger partial charge < -0.3 is 5.32 Å². The van der Waals surface area contributed by atoms with Gasteiger partial charge in [0.05, 0.1) is 11.7 Å². The topological polar surface area (TPSA) is 37.3 Å². The lowest BCUT2D eigenvalue weighted by Crippen LogP contribution is -2.32. The van der Waals surface area contributed by atoms with Crippen LogP contribution in [0.15, 0.2) is 205 Å². The van der Waals surface area contributed by atoms with Crippen LogP contribution in [0, 0.1) is 0 Å². The van der Waals surface area contributed by atoms with Crippen LogP contribution in [-0.4, -0.2) is 10.8 Å². The fraction of sp³-hybridized carbons (Fsp3) is 0.0204. The van der Waals surface area contributed by atoms with Gasteiger partial charge >= 0.3 is 0 Å². The smallest absolute Gasteiger partial charge is 0.134 e. The van der Waals surface area contributed by atoms with Gasteiger partial charge in [-0.2, -0.15) is 0 Å². The molecule has 3 heteroatoms. The number of fused-ring (bicyclic) bond motifs is 1. The molecule has 0 bridgehead atoms. The lowest BCUT2D eigenvalue weighted by atomic mass is 9.90. The van der Waals surface area contributed by atoms with Crippen molar-refractivity contribution in [1.29, 1.82) is 0 Å². The number of benzene rings is 7. The molecule has 0 amide bonds. The fourth-order valence-corrected chi connectivity index (χ4v) is 7.09. The summed E-state index contributed by atoms with van der Waals surface area (Å²) in [7, 11) is 0. The Hall–Kier alpha value is -6.84. The van der Waals surface area contributed by atoms with Crippen LogP contribution < -0.4 is 5.32 Å². The Morgan fingerprint density at radius 1 is 0.365 bits per heavy atom. The number of amidine groups is 1. The van der Waals surface area contributed by atoms with Gasteiger partial charge in [-0.15, -0.1) is 0 Å². The van der Waals surface area contributed by atoms with E-state index < -0.39 is 0 Å². The van der Waals surface area contributed by atoms with E-state index in [1.807, 2.05) is 18.5 Å². The molecule has 246 valence electrons. The average Bonchev–Trinajstić information content (AvgIpc) is 3.24. The van der Waals surface area contributed by atoms with Gasteiger partial charge in [-0.25, -0.2) is 4.99 Å². The second-order valence-electron chi connectivity index (χ2n) is 13.1. The van der Waals surface area contributed by atoms with Crippen LogP contribution in [0.3, 0.4) is 0 Å². The maximum Gasteiger partial charge on any atom is 0.134 e. The van der Waals surface area contributed by atoms with E-state index in [1.54, 1.807) is 0 Å². The molecule has 1 aliphatic heterocycles. The minimum atomic E-state index is -0.0663. The molecule has 9 rings (SSSR count). The van der Waals surface area contributed by atoms with Crippen molar-refractivity contribution in [2.24, 2.45) is 4.99 Å². The number of aliphatic imine (C=N–C) groups is 1. The quantitative estimate of drug-likeness (QED) is 0.184. The first-order valence-corrected chi connectivity index (χ1v) is 17.7. The van der Waals surface area contributed by atoms with E-state index in [2.05, 4.69) is 192 Å². The maximum atomic E-state index is 5.30. The largest absolute Gasteiger partial charge is 0.359 e. The van der Waals surface area contributed by atoms with E-state index in [9.17, 15) is 0 Å². The Morgan fingerprint density at radius 2 is 0.827 bits per heavy atom. The molecule has 0 radical (unpaired) electrons. The van der Waals surface area contributed by atoms with E-state index in [0.717, 1.165) is 56.0 Å². The molecule has 0 spiro atoms. The molecule has 8 aromatic rings. The summed E-state index contributed by atoms with van der Waals surface area (Å²) in [6.07, 6.45) is 3.71. The van der Waals surface area contributed by atoms with Gasteiger partial charge in [0.1, 0.15) is 5.84 Å². The lowest BCUT2D eigenvalue weighted by Gasteiger charge is -2.29. The summed E-state index contributed by atoms with van der Waals surface area (Å²) in [4.78, 5) is 9.62. The highest BCUT2D eigenvalue weighted by molar-refractivity contribution is 6.04. The van der Waals surface area contributed by atoms with Crippen molar-refractivity contribution in [3.63, 3.8) is 0 Å². The lowest BCUT2D eigenvalue weighted by molar-refractivity contribution is 0.750. The Kier molecular flexibility index (Phi) is 8.28. The number of nitrogens with one attached hydrogen (secondary N) is 1. The molecule has 2 heterocycles. The number of hydrogen-bond acceptors (Lipinski definition) is 3. The van der Waals surface area contributed by atoms with Gasteiger partial charge in [-0.05, 0) is 97.6 Å². The van der Waals surface area contributed by atoms with Crippen LogP contribution in [0.2, 0.25) is 0 Å². The van der Waals surface area contributed by atoms with Crippen molar-refractivity contribution < 1.29 is 0 Å². The summed E-state index contributed by atoms with van der Waals surface area (Å²) in [6.45, 7) is 0. The van der Waals surface area contributed by atoms with Crippen molar-refractivity contribution in [2.75, 3.05) is 0 Å². The number of hydrogen-bond donors (Lipinski definition) is 1. The fourth-order valence-electron chi connectivity index (χ4n) is 7.09. The molecular weight excluding hydrogens is 631 g/mol. The molecule has 0 aliphatic carbocycles. The van der Waals surface area contributed by atoms with Gasteiger partial charge in [-0.1, -0.05) is 152 Å². The number of pyridine rings is 1. The minimum absolute atomic E-state index is 0.0663. The molecule has 3 nitrogen and oxygen atoms in total. The van der Waals surface area contributed by atoms with Crippen LogP contribution in [0.1, 0.15) is 22.7 Å². The normalized spacial score (nSPS) is 13.5. The van der Waals surface area contributed by atoms with Crippen LogP contribution >= 0.6 is 0 Å². The Bertz CT molecular complexity index is 2390. The number of rotatable bonds is 7. The van der Waals surface area contributed by atoms with Gasteiger partial charge in [0.2, 0.25) is 0 Å². The SMILES string of the molecule is c1ccc(-c2ccc(-c3cc(C4=Nc5ccc(-c6ccccc6)cc5C(c5ccccc5)N4)cc(-c4ccc(-c5cccnc5)cc4)c3)cc2)cc1. The highest BCUT2D eigenvalue weighted by Gasteiger charge is 2.25. The molecule has 0 fully saturated rings. The zero-order chi connectivity index (χ0) is 34.7. The van der Waals surface area contributed by atoms with Crippen LogP contribution in [-0.2, 0) is 0 Å². The zero-order valence-corrected chi connectivity index (χ0v) is 28.5. The Labute approximate surface area is 304 Å². The maximum absolute atomic E-state index is 5.30. The average molecular weight is 666 g/mol. The van der Waals surface area contributed by atoms with Gasteiger partial charge in [-0.3, -0.25) is 4.98 Å². The second kappa shape index (κ2) is 13.8. The molecular formula is C49H35N3. The standard InChI is InChI=1S/C49H35N3/c1-4-11-34(12-5-1)36-18-22-38(23-19-36)43-29-44(39-24-20-37(21-25-39)42-17-10-28-50-33-42)31-45(30-43)49-51-47-27-26-41(35-13-6-2-7-14-35)32-46(47)48(52-49)40-15-8-3-9-16-40/h1-33,48H,(H,51,52). The highest BCUT2D eigenvalue weighted by Crippen LogP contribution is 2.39. The van der Waals surface area contributed by atoms with Crippen molar-refractivity contribution in [2.45, 2.75) is 6.04 Å². The molecule has 7 aromatic carbocycles. The molecule has 1 aliphatic rings. The number of nitrogens with zero attached hydrogens (tertiary/aromatic N) is 2. The number of aromatic nitrogens is 1. The Balaban J connectivity index is 1.16. The van der Waals surface area contributed by atoms with E-state index in [1.165, 1.54) is 27.8 Å². The van der Waals surface area contributed by atoms with E-state index in [-0.39, 0.29) is 6.04 Å². The van der Waals surface area contributed by atoms with E-state index in [0.29, 0.717) is 0 Å². The summed E-state index contributed by atoms with van der Waals surface area (Å²) < 4.78 is 0. The van der Waals surface area contributed by atoms with Crippen LogP contribution in [0.5, 0.6) is 0 Å². The van der Waals surface area contributed by atoms with Crippen LogP contribution in [0.4, 0.5) is 5.69 Å². The van der Waals surface area contributed by atoms with Gasteiger partial charge in [0, 0.05) is 23.5 Å². The monoisotopic (exact) mass is 665 g/mol. The summed E-state index contributed by atoms with van der Waals surface area (Å²) in [6, 6.07) is 66.8.